The van der Waals surface area contributed by atoms with E-state index in [1.807, 2.05) is 78.7 Å². The van der Waals surface area contributed by atoms with Gasteiger partial charge in [0.25, 0.3) is 10.7 Å². The number of benzene rings is 4. The van der Waals surface area contributed by atoms with Gasteiger partial charge in [-0.2, -0.15) is 0 Å². The zero-order chi connectivity index (χ0) is 24.2. The van der Waals surface area contributed by atoms with Gasteiger partial charge in [-0.15, -0.1) is 0 Å². The molecule has 2 heterocycles. The van der Waals surface area contributed by atoms with Gasteiger partial charge in [-0.1, -0.05) is 42.5 Å². The number of rotatable bonds is 4. The number of ether oxygens (including phenoxy) is 3. The zero-order valence-corrected chi connectivity index (χ0v) is 19.7. The number of likely N-dealkylation sites (N-methyl/N-ethyl adjacent to an activating group) is 1. The molecule has 0 fully saturated rings. The first-order chi connectivity index (χ1) is 17.0. The van der Waals surface area contributed by atoms with E-state index in [4.69, 9.17) is 14.2 Å². The van der Waals surface area contributed by atoms with Crippen LogP contribution >= 0.6 is 11.8 Å². The van der Waals surface area contributed by atoms with Gasteiger partial charge >= 0.3 is 0 Å². The lowest BCUT2D eigenvalue weighted by Crippen LogP contribution is -2.50. The Kier molecular flexibility index (Phi) is 4.86. The van der Waals surface area contributed by atoms with E-state index in [0.29, 0.717) is 28.6 Å². The van der Waals surface area contributed by atoms with Gasteiger partial charge in [0.15, 0.2) is 17.3 Å². The molecule has 1 atom stereocenters. The second kappa shape index (κ2) is 7.95. The maximum absolute atomic E-state index is 11.5. The van der Waals surface area contributed by atoms with Crippen LogP contribution in [0.2, 0.25) is 0 Å². The number of thioether (sulfide) groups is 1. The van der Waals surface area contributed by atoms with Crippen molar-refractivity contribution in [3.63, 3.8) is 0 Å². The van der Waals surface area contributed by atoms with Gasteiger partial charge in [0.1, 0.15) is 5.75 Å². The van der Waals surface area contributed by atoms with Crippen LogP contribution in [0.25, 0.3) is 16.8 Å². The third-order valence-electron chi connectivity index (χ3n) is 6.20. The lowest BCUT2D eigenvalue weighted by atomic mass is 10.1. The van der Waals surface area contributed by atoms with Gasteiger partial charge in [0, 0.05) is 23.6 Å². The average Bonchev–Trinajstić information content (AvgIpc) is 3.15. The third-order valence-corrected chi connectivity index (χ3v) is 7.60. The SMILES string of the molecule is COc1cc([N+](=O)[O-])cc2c1OC1(Sc3ccccc3N1C)C(Oc1ccc3ccccc3c1)=C2. The van der Waals surface area contributed by atoms with E-state index in [0.717, 1.165) is 21.4 Å². The first-order valence-corrected chi connectivity index (χ1v) is 11.8. The van der Waals surface area contributed by atoms with Crippen molar-refractivity contribution in [3.8, 4) is 17.2 Å². The molecule has 8 heteroatoms. The van der Waals surface area contributed by atoms with Gasteiger partial charge in [-0.25, -0.2) is 0 Å². The Morgan fingerprint density at radius 2 is 1.77 bits per heavy atom. The molecule has 6 rings (SSSR count). The number of fused-ring (bicyclic) bond motifs is 3. The fourth-order valence-electron chi connectivity index (χ4n) is 4.46. The quantitative estimate of drug-likeness (QED) is 0.243. The molecule has 2 aliphatic heterocycles. The molecular weight excluding hydrogens is 464 g/mol. The molecule has 0 aromatic heterocycles. The predicted molar refractivity (Wildman–Crippen MR) is 136 cm³/mol. The number of hydrogen-bond acceptors (Lipinski definition) is 7. The van der Waals surface area contributed by atoms with Crippen LogP contribution in [0.1, 0.15) is 5.56 Å². The Morgan fingerprint density at radius 1 is 1.00 bits per heavy atom. The Hall–Kier alpha value is -4.17. The molecule has 0 amide bonds. The average molecular weight is 485 g/mol. The van der Waals surface area contributed by atoms with Crippen LogP contribution in [0.4, 0.5) is 11.4 Å². The maximum Gasteiger partial charge on any atom is 0.295 e. The first kappa shape index (κ1) is 21.4. The fourth-order valence-corrected chi connectivity index (χ4v) is 5.77. The van der Waals surface area contributed by atoms with Crippen molar-refractivity contribution in [1.29, 1.82) is 0 Å². The largest absolute Gasteiger partial charge is 0.493 e. The summed E-state index contributed by atoms with van der Waals surface area (Å²) in [5.41, 5.74) is 1.43. The van der Waals surface area contributed by atoms with E-state index >= 15 is 0 Å². The summed E-state index contributed by atoms with van der Waals surface area (Å²) >= 11 is 1.51. The summed E-state index contributed by atoms with van der Waals surface area (Å²) in [6.07, 6.45) is 1.80. The van der Waals surface area contributed by atoms with E-state index < -0.39 is 9.98 Å². The van der Waals surface area contributed by atoms with Crippen molar-refractivity contribution < 1.29 is 19.1 Å². The van der Waals surface area contributed by atoms with Crippen molar-refractivity contribution in [2.45, 2.75) is 9.95 Å². The number of nitro groups is 1. The monoisotopic (exact) mass is 484 g/mol. The summed E-state index contributed by atoms with van der Waals surface area (Å²) in [5, 5.41) is 12.6. The molecule has 0 aliphatic carbocycles. The van der Waals surface area contributed by atoms with Crippen LogP contribution in [0.15, 0.2) is 89.5 Å². The van der Waals surface area contributed by atoms with E-state index in [-0.39, 0.29) is 5.69 Å². The molecule has 174 valence electrons. The number of anilines is 1. The number of para-hydroxylation sites is 1. The molecule has 0 N–H and O–H groups in total. The molecule has 1 unspecified atom stereocenters. The van der Waals surface area contributed by atoms with E-state index in [1.54, 1.807) is 6.08 Å². The molecule has 0 bridgehead atoms. The van der Waals surface area contributed by atoms with Crippen molar-refractivity contribution in [2.75, 3.05) is 19.1 Å². The molecule has 1 spiro atoms. The second-order valence-electron chi connectivity index (χ2n) is 8.26. The van der Waals surface area contributed by atoms with Crippen LogP contribution in [-0.4, -0.2) is 24.1 Å². The summed E-state index contributed by atoms with van der Waals surface area (Å²) in [6.45, 7) is 0. The minimum atomic E-state index is -1.06. The fraction of sp³-hybridized carbons (Fsp3) is 0.111. The summed E-state index contributed by atoms with van der Waals surface area (Å²) in [4.78, 5) is 14.2. The smallest absolute Gasteiger partial charge is 0.295 e. The van der Waals surface area contributed by atoms with Crippen molar-refractivity contribution in [3.05, 3.63) is 100 Å². The standard InChI is InChI=1S/C27H20N2O5S/c1-28-22-9-5-6-10-24(22)35-27(28)25(33-21-12-11-17-7-3-4-8-18(17)14-21)15-19-13-20(29(30)31)16-23(32-2)26(19)34-27/h3-16H,1-2H3. The van der Waals surface area contributed by atoms with Gasteiger partial charge < -0.3 is 19.1 Å². The highest BCUT2D eigenvalue weighted by atomic mass is 32.2. The maximum atomic E-state index is 11.5. The number of nitrogens with zero attached hydrogens (tertiary/aromatic N) is 2. The van der Waals surface area contributed by atoms with Crippen LogP contribution in [-0.2, 0) is 0 Å². The zero-order valence-electron chi connectivity index (χ0n) is 18.9. The summed E-state index contributed by atoms with van der Waals surface area (Å²) in [7, 11) is 3.42. The van der Waals surface area contributed by atoms with Crippen LogP contribution in [0, 0.1) is 10.1 Å². The summed E-state index contributed by atoms with van der Waals surface area (Å²) < 4.78 is 18.6. The van der Waals surface area contributed by atoms with Gasteiger partial charge in [0.2, 0.25) is 0 Å². The third kappa shape index (κ3) is 3.37. The van der Waals surface area contributed by atoms with Crippen LogP contribution < -0.4 is 19.1 Å². The number of nitro benzene ring substituents is 1. The highest BCUT2D eigenvalue weighted by molar-refractivity contribution is 8.01. The first-order valence-electron chi connectivity index (χ1n) is 10.9. The topological polar surface area (TPSA) is 74.1 Å². The number of hydrogen-bond donors (Lipinski definition) is 0. The molecule has 0 radical (unpaired) electrons. The van der Waals surface area contributed by atoms with Gasteiger partial charge in [-0.3, -0.25) is 10.1 Å². The molecule has 0 saturated carbocycles. The Labute approximate surface area is 205 Å². The van der Waals surface area contributed by atoms with Crippen molar-refractivity contribution in [1.82, 2.24) is 0 Å². The number of non-ortho nitro benzene ring substituents is 1. The van der Waals surface area contributed by atoms with E-state index in [1.165, 1.54) is 31.0 Å². The lowest BCUT2D eigenvalue weighted by molar-refractivity contribution is -0.385. The second-order valence-corrected chi connectivity index (χ2v) is 9.45. The van der Waals surface area contributed by atoms with Crippen LogP contribution in [0.3, 0.4) is 0 Å². The highest BCUT2D eigenvalue weighted by Gasteiger charge is 2.53. The Bertz CT molecular complexity index is 1540. The molecular formula is C27H20N2O5S. The van der Waals surface area contributed by atoms with Gasteiger partial charge in [0.05, 0.1) is 23.8 Å². The molecule has 0 saturated heterocycles. The number of methoxy groups -OCH3 is 1. The van der Waals surface area contributed by atoms with E-state index in [9.17, 15) is 10.1 Å². The summed E-state index contributed by atoms with van der Waals surface area (Å²) in [6, 6.07) is 24.8. The minimum Gasteiger partial charge on any atom is -0.493 e. The minimum absolute atomic E-state index is 0.0860. The Balaban J connectivity index is 1.52. The van der Waals surface area contributed by atoms with Crippen LogP contribution in [0.5, 0.6) is 17.2 Å². The highest BCUT2D eigenvalue weighted by Crippen LogP contribution is 2.57. The molecule has 7 nitrogen and oxygen atoms in total. The van der Waals surface area contributed by atoms with Crippen molar-refractivity contribution in [2.24, 2.45) is 0 Å². The van der Waals surface area contributed by atoms with E-state index in [2.05, 4.69) is 0 Å². The molecule has 4 aromatic carbocycles. The molecule has 4 aromatic rings. The van der Waals surface area contributed by atoms with Gasteiger partial charge in [-0.05, 0) is 52.9 Å². The lowest BCUT2D eigenvalue weighted by Gasteiger charge is -2.40. The normalized spacial score (nSPS) is 18.0. The predicted octanol–water partition coefficient (Wildman–Crippen LogP) is 6.46. The summed E-state index contributed by atoms with van der Waals surface area (Å²) in [5.74, 6) is 1.87. The van der Waals surface area contributed by atoms with Crippen molar-refractivity contribution >= 4 is 40.0 Å². The molecule has 2 aliphatic rings. The molecule has 35 heavy (non-hydrogen) atoms. The Morgan fingerprint density at radius 3 is 2.54 bits per heavy atom.